The van der Waals surface area contributed by atoms with Gasteiger partial charge in [-0.3, -0.25) is 0 Å². The molecular weight excluding hydrogens is 331 g/mol. The van der Waals surface area contributed by atoms with Crippen molar-refractivity contribution in [1.82, 2.24) is 15.1 Å². The summed E-state index contributed by atoms with van der Waals surface area (Å²) in [5.41, 5.74) is 1.01. The number of carbonyl (C=O) groups excluding carboxylic acids is 1. The van der Waals surface area contributed by atoms with Crippen molar-refractivity contribution in [2.75, 3.05) is 37.7 Å². The molecule has 1 saturated heterocycles. The molecule has 8 heteroatoms. The van der Waals surface area contributed by atoms with Crippen LogP contribution in [-0.2, 0) is 11.2 Å². The predicted octanol–water partition coefficient (Wildman–Crippen LogP) is 2.55. The van der Waals surface area contributed by atoms with Gasteiger partial charge in [0, 0.05) is 32.6 Å². The van der Waals surface area contributed by atoms with E-state index in [1.54, 1.807) is 24.0 Å². The Balaban J connectivity index is 1.56. The fourth-order valence-electron chi connectivity index (χ4n) is 2.52. The van der Waals surface area contributed by atoms with Crippen molar-refractivity contribution in [3.63, 3.8) is 0 Å². The van der Waals surface area contributed by atoms with E-state index in [9.17, 15) is 9.18 Å². The molecule has 128 valence electrons. The van der Waals surface area contributed by atoms with Crippen LogP contribution in [0.3, 0.4) is 0 Å². The zero-order chi connectivity index (χ0) is 16.9. The molecule has 2 aromatic rings. The van der Waals surface area contributed by atoms with E-state index in [-0.39, 0.29) is 11.9 Å². The maximum Gasteiger partial charge on any atom is 0.409 e. The Labute approximate surface area is 143 Å². The monoisotopic (exact) mass is 350 g/mol. The van der Waals surface area contributed by atoms with E-state index in [2.05, 4.69) is 15.1 Å². The molecule has 1 aliphatic rings. The number of nitrogens with zero attached hydrogens (tertiary/aromatic N) is 4. The van der Waals surface area contributed by atoms with Crippen LogP contribution in [0.5, 0.6) is 0 Å². The molecule has 2 heterocycles. The van der Waals surface area contributed by atoms with E-state index in [1.165, 1.54) is 23.5 Å². The van der Waals surface area contributed by atoms with E-state index in [0.29, 0.717) is 39.2 Å². The van der Waals surface area contributed by atoms with Gasteiger partial charge in [-0.1, -0.05) is 23.5 Å². The van der Waals surface area contributed by atoms with Crippen molar-refractivity contribution >= 4 is 22.6 Å². The lowest BCUT2D eigenvalue weighted by molar-refractivity contribution is 0.105. The zero-order valence-corrected chi connectivity index (χ0v) is 14.3. The van der Waals surface area contributed by atoms with Gasteiger partial charge < -0.3 is 14.5 Å². The number of benzene rings is 1. The molecule has 1 fully saturated rings. The van der Waals surface area contributed by atoms with Crippen LogP contribution in [0.1, 0.15) is 17.5 Å². The fourth-order valence-corrected chi connectivity index (χ4v) is 3.44. The summed E-state index contributed by atoms with van der Waals surface area (Å²) in [4.78, 5) is 15.5. The Hall–Kier alpha value is -2.22. The molecule has 6 nitrogen and oxygen atoms in total. The van der Waals surface area contributed by atoms with Crippen molar-refractivity contribution in [3.05, 3.63) is 40.7 Å². The maximum absolute atomic E-state index is 12.9. The van der Waals surface area contributed by atoms with Crippen LogP contribution in [-0.4, -0.2) is 54.0 Å². The van der Waals surface area contributed by atoms with Gasteiger partial charge in [0.1, 0.15) is 10.8 Å². The summed E-state index contributed by atoms with van der Waals surface area (Å²) in [6, 6.07) is 6.42. The topological polar surface area (TPSA) is 58.6 Å². The number of halogens is 1. The number of ether oxygens (including phenoxy) is 1. The number of hydrogen-bond acceptors (Lipinski definition) is 6. The second kappa shape index (κ2) is 7.57. The molecule has 0 aliphatic carbocycles. The summed E-state index contributed by atoms with van der Waals surface area (Å²) >= 11 is 1.53. The minimum atomic E-state index is -0.258. The Bertz CT molecular complexity index is 684. The summed E-state index contributed by atoms with van der Waals surface area (Å²) < 4.78 is 18.0. The van der Waals surface area contributed by atoms with E-state index in [4.69, 9.17) is 4.74 Å². The van der Waals surface area contributed by atoms with Gasteiger partial charge in [0.15, 0.2) is 0 Å². The Kier molecular flexibility index (Phi) is 5.24. The molecule has 0 bridgehead atoms. The minimum Gasteiger partial charge on any atom is -0.450 e. The highest BCUT2D eigenvalue weighted by Crippen LogP contribution is 2.23. The SMILES string of the molecule is CCOC(=O)N1CCN(c2nnc(Cc3ccc(F)cc3)s2)CC1. The van der Waals surface area contributed by atoms with E-state index < -0.39 is 0 Å². The van der Waals surface area contributed by atoms with Crippen molar-refractivity contribution in [3.8, 4) is 0 Å². The van der Waals surface area contributed by atoms with Gasteiger partial charge in [-0.2, -0.15) is 0 Å². The van der Waals surface area contributed by atoms with Crippen LogP contribution in [0.15, 0.2) is 24.3 Å². The lowest BCUT2D eigenvalue weighted by atomic mass is 10.2. The van der Waals surface area contributed by atoms with Crippen LogP contribution in [0.2, 0.25) is 0 Å². The molecule has 1 aliphatic heterocycles. The highest BCUT2D eigenvalue weighted by molar-refractivity contribution is 7.15. The Morgan fingerprint density at radius 3 is 2.58 bits per heavy atom. The first-order valence-corrected chi connectivity index (χ1v) is 8.71. The van der Waals surface area contributed by atoms with Crippen molar-refractivity contribution in [1.29, 1.82) is 0 Å². The van der Waals surface area contributed by atoms with Gasteiger partial charge in [0.2, 0.25) is 5.13 Å². The number of piperazine rings is 1. The second-order valence-corrected chi connectivity index (χ2v) is 6.50. The van der Waals surface area contributed by atoms with Crippen LogP contribution in [0.4, 0.5) is 14.3 Å². The van der Waals surface area contributed by atoms with Crippen LogP contribution >= 0.6 is 11.3 Å². The smallest absolute Gasteiger partial charge is 0.409 e. The molecule has 1 amide bonds. The fraction of sp³-hybridized carbons (Fsp3) is 0.438. The zero-order valence-electron chi connectivity index (χ0n) is 13.4. The number of rotatable bonds is 4. The van der Waals surface area contributed by atoms with E-state index >= 15 is 0 Å². The normalized spacial score (nSPS) is 14.8. The lowest BCUT2D eigenvalue weighted by Crippen LogP contribution is -2.49. The van der Waals surface area contributed by atoms with Gasteiger partial charge in [0.25, 0.3) is 0 Å². The molecule has 0 N–H and O–H groups in total. The molecule has 0 radical (unpaired) electrons. The van der Waals surface area contributed by atoms with Gasteiger partial charge in [-0.25, -0.2) is 9.18 Å². The molecule has 3 rings (SSSR count). The summed E-state index contributed by atoms with van der Waals surface area (Å²) in [6.45, 7) is 4.85. The number of carbonyl (C=O) groups is 1. The minimum absolute atomic E-state index is 0.240. The number of anilines is 1. The highest BCUT2D eigenvalue weighted by atomic mass is 32.1. The Morgan fingerprint density at radius 2 is 1.92 bits per heavy atom. The van der Waals surface area contributed by atoms with E-state index in [1.807, 2.05) is 0 Å². The van der Waals surface area contributed by atoms with Crippen molar-refractivity contribution in [2.45, 2.75) is 13.3 Å². The number of aromatic nitrogens is 2. The third kappa shape index (κ3) is 4.00. The van der Waals surface area contributed by atoms with Crippen LogP contribution < -0.4 is 4.90 Å². The third-order valence-electron chi connectivity index (χ3n) is 3.80. The molecule has 0 atom stereocenters. The standard InChI is InChI=1S/C16H19FN4O2S/c1-2-23-16(22)21-9-7-20(8-10-21)15-19-18-14(24-15)11-12-3-5-13(17)6-4-12/h3-6H,2,7-11H2,1H3. The number of hydrogen-bond donors (Lipinski definition) is 0. The second-order valence-electron chi connectivity index (χ2n) is 5.45. The summed E-state index contributed by atoms with van der Waals surface area (Å²) in [6.07, 6.45) is 0.382. The first-order valence-electron chi connectivity index (χ1n) is 7.89. The molecule has 1 aromatic heterocycles. The average Bonchev–Trinajstić information content (AvgIpc) is 3.06. The first kappa shape index (κ1) is 16.6. The van der Waals surface area contributed by atoms with Gasteiger partial charge in [-0.05, 0) is 24.6 Å². The predicted molar refractivity (Wildman–Crippen MR) is 89.9 cm³/mol. The van der Waals surface area contributed by atoms with Gasteiger partial charge in [-0.15, -0.1) is 10.2 Å². The molecule has 1 aromatic carbocycles. The average molecular weight is 350 g/mol. The highest BCUT2D eigenvalue weighted by Gasteiger charge is 2.23. The van der Waals surface area contributed by atoms with Crippen molar-refractivity contribution in [2.24, 2.45) is 0 Å². The summed E-state index contributed by atoms with van der Waals surface area (Å²) in [5.74, 6) is -0.240. The molecule has 0 spiro atoms. The molecular formula is C16H19FN4O2S. The lowest BCUT2D eigenvalue weighted by Gasteiger charge is -2.33. The molecule has 0 unspecified atom stereocenters. The third-order valence-corrected chi connectivity index (χ3v) is 4.79. The van der Waals surface area contributed by atoms with Crippen LogP contribution in [0, 0.1) is 5.82 Å². The van der Waals surface area contributed by atoms with Crippen molar-refractivity contribution < 1.29 is 13.9 Å². The first-order chi connectivity index (χ1) is 11.7. The Morgan fingerprint density at radius 1 is 1.21 bits per heavy atom. The quantitative estimate of drug-likeness (QED) is 0.848. The molecule has 24 heavy (non-hydrogen) atoms. The largest absolute Gasteiger partial charge is 0.450 e. The number of amides is 1. The summed E-state index contributed by atoms with van der Waals surface area (Å²) in [5, 5.41) is 10.2. The van der Waals surface area contributed by atoms with E-state index in [0.717, 1.165) is 15.7 Å². The maximum atomic E-state index is 12.9. The summed E-state index contributed by atoms with van der Waals surface area (Å²) in [7, 11) is 0. The molecule has 0 saturated carbocycles. The van der Waals surface area contributed by atoms with Gasteiger partial charge >= 0.3 is 6.09 Å². The van der Waals surface area contributed by atoms with Gasteiger partial charge in [0.05, 0.1) is 6.61 Å². The van der Waals surface area contributed by atoms with Crippen LogP contribution in [0.25, 0.3) is 0 Å².